The van der Waals surface area contributed by atoms with Gasteiger partial charge in [0.05, 0.1) is 16.8 Å². The largest absolute Gasteiger partial charge is 0.444 e. The van der Waals surface area contributed by atoms with Crippen LogP contribution in [0.1, 0.15) is 32.0 Å². The van der Waals surface area contributed by atoms with Gasteiger partial charge in [-0.05, 0) is 59.3 Å². The van der Waals surface area contributed by atoms with Crippen LogP contribution in [0.25, 0.3) is 0 Å². The molecule has 2 amide bonds. The lowest BCUT2D eigenvalue weighted by molar-refractivity contribution is -0.136. The first-order valence-electron chi connectivity index (χ1n) is 8.40. The molecule has 30 heavy (non-hydrogen) atoms. The van der Waals surface area contributed by atoms with E-state index in [9.17, 15) is 27.2 Å². The Morgan fingerprint density at radius 3 is 2.30 bits per heavy atom. The molecule has 0 unspecified atom stereocenters. The molecule has 3 aromatic rings. The van der Waals surface area contributed by atoms with Crippen molar-refractivity contribution in [3.05, 3.63) is 81.5 Å². The molecule has 0 fully saturated rings. The SMILES string of the molecule is Cc1cc(Br)oc1C(=O)Nc1ccc(NC(=O)c2ccccc2F)cc1C(F)(F)F. The smallest absolute Gasteiger partial charge is 0.418 e. The molecule has 2 N–H and O–H groups in total. The van der Waals surface area contributed by atoms with Crippen LogP contribution in [-0.4, -0.2) is 11.8 Å². The van der Waals surface area contributed by atoms with Crippen LogP contribution in [0.4, 0.5) is 28.9 Å². The Morgan fingerprint density at radius 2 is 1.70 bits per heavy atom. The lowest BCUT2D eigenvalue weighted by Gasteiger charge is -2.15. The van der Waals surface area contributed by atoms with E-state index in [1.54, 1.807) is 6.92 Å². The zero-order valence-electron chi connectivity index (χ0n) is 15.2. The molecule has 1 aromatic heterocycles. The van der Waals surface area contributed by atoms with Gasteiger partial charge in [0, 0.05) is 11.3 Å². The number of rotatable bonds is 4. The Labute approximate surface area is 176 Å². The van der Waals surface area contributed by atoms with E-state index in [1.807, 2.05) is 0 Å². The fraction of sp³-hybridized carbons (Fsp3) is 0.100. The second-order valence-electron chi connectivity index (χ2n) is 6.21. The minimum Gasteiger partial charge on any atom is -0.444 e. The van der Waals surface area contributed by atoms with Crippen molar-refractivity contribution in [2.24, 2.45) is 0 Å². The number of alkyl halides is 3. The maximum atomic E-state index is 13.7. The molecule has 2 aromatic carbocycles. The number of hydrogen-bond acceptors (Lipinski definition) is 3. The highest BCUT2D eigenvalue weighted by molar-refractivity contribution is 9.10. The van der Waals surface area contributed by atoms with Crippen LogP contribution in [0.5, 0.6) is 0 Å². The number of amides is 2. The highest BCUT2D eigenvalue weighted by Crippen LogP contribution is 2.37. The van der Waals surface area contributed by atoms with Crippen LogP contribution < -0.4 is 10.6 Å². The summed E-state index contributed by atoms with van der Waals surface area (Å²) in [6.07, 6.45) is -4.83. The number of nitrogens with one attached hydrogen (secondary N) is 2. The summed E-state index contributed by atoms with van der Waals surface area (Å²) in [7, 11) is 0. The lowest BCUT2D eigenvalue weighted by Crippen LogP contribution is -2.18. The van der Waals surface area contributed by atoms with E-state index in [0.717, 1.165) is 18.2 Å². The molecule has 3 rings (SSSR count). The van der Waals surface area contributed by atoms with Crippen LogP contribution in [0.3, 0.4) is 0 Å². The summed E-state index contributed by atoms with van der Waals surface area (Å²) in [5.74, 6) is -2.73. The Bertz CT molecular complexity index is 1130. The molecule has 0 aliphatic rings. The van der Waals surface area contributed by atoms with E-state index in [4.69, 9.17) is 4.42 Å². The summed E-state index contributed by atoms with van der Waals surface area (Å²) in [6.45, 7) is 1.56. The average molecular weight is 485 g/mol. The Balaban J connectivity index is 1.89. The first-order chi connectivity index (χ1) is 14.1. The van der Waals surface area contributed by atoms with Gasteiger partial charge >= 0.3 is 6.18 Å². The third-order valence-corrected chi connectivity index (χ3v) is 4.43. The minimum atomic E-state index is -4.83. The van der Waals surface area contributed by atoms with Gasteiger partial charge in [-0.1, -0.05) is 12.1 Å². The summed E-state index contributed by atoms with van der Waals surface area (Å²) in [5.41, 5.74) is -1.82. The molecule has 0 atom stereocenters. The fourth-order valence-corrected chi connectivity index (χ4v) is 3.16. The van der Waals surface area contributed by atoms with E-state index in [0.29, 0.717) is 11.6 Å². The zero-order valence-corrected chi connectivity index (χ0v) is 16.8. The van der Waals surface area contributed by atoms with Crippen LogP contribution in [0.2, 0.25) is 0 Å². The van der Waals surface area contributed by atoms with Gasteiger partial charge in [-0.15, -0.1) is 0 Å². The number of hydrogen-bond donors (Lipinski definition) is 2. The van der Waals surface area contributed by atoms with Crippen LogP contribution in [0, 0.1) is 12.7 Å². The van der Waals surface area contributed by atoms with E-state index >= 15 is 0 Å². The highest BCUT2D eigenvalue weighted by atomic mass is 79.9. The van der Waals surface area contributed by atoms with Crippen molar-refractivity contribution in [2.75, 3.05) is 10.6 Å². The maximum absolute atomic E-state index is 13.7. The summed E-state index contributed by atoms with van der Waals surface area (Å²) in [6, 6.07) is 9.37. The maximum Gasteiger partial charge on any atom is 0.418 e. The van der Waals surface area contributed by atoms with Gasteiger partial charge in [-0.2, -0.15) is 13.2 Å². The van der Waals surface area contributed by atoms with Gasteiger partial charge < -0.3 is 15.1 Å². The van der Waals surface area contributed by atoms with E-state index in [2.05, 4.69) is 26.6 Å². The summed E-state index contributed by atoms with van der Waals surface area (Å²) in [5, 5.41) is 4.38. The summed E-state index contributed by atoms with van der Waals surface area (Å²) < 4.78 is 59.7. The zero-order chi connectivity index (χ0) is 22.1. The second kappa shape index (κ2) is 8.31. The number of aryl methyl sites for hydroxylation is 1. The van der Waals surface area contributed by atoms with E-state index in [1.165, 1.54) is 24.3 Å². The third kappa shape index (κ3) is 4.70. The van der Waals surface area contributed by atoms with Gasteiger partial charge in [-0.3, -0.25) is 9.59 Å². The topological polar surface area (TPSA) is 71.3 Å². The van der Waals surface area contributed by atoms with Crippen molar-refractivity contribution in [2.45, 2.75) is 13.1 Å². The number of halogens is 5. The molecule has 0 aliphatic heterocycles. The number of anilines is 2. The molecule has 1 heterocycles. The van der Waals surface area contributed by atoms with Crippen LogP contribution in [-0.2, 0) is 6.18 Å². The van der Waals surface area contributed by atoms with Crippen molar-refractivity contribution in [3.8, 4) is 0 Å². The number of benzene rings is 2. The number of furan rings is 1. The fourth-order valence-electron chi connectivity index (χ4n) is 2.66. The highest BCUT2D eigenvalue weighted by Gasteiger charge is 2.35. The average Bonchev–Trinajstić information content (AvgIpc) is 3.00. The molecule has 0 aliphatic carbocycles. The summed E-state index contributed by atoms with van der Waals surface area (Å²) in [4.78, 5) is 24.5. The van der Waals surface area contributed by atoms with Crippen LogP contribution >= 0.6 is 15.9 Å². The molecule has 10 heteroatoms. The van der Waals surface area contributed by atoms with E-state index < -0.39 is 35.1 Å². The molecule has 156 valence electrons. The Morgan fingerprint density at radius 1 is 1.00 bits per heavy atom. The first-order valence-corrected chi connectivity index (χ1v) is 9.20. The predicted molar refractivity (Wildman–Crippen MR) is 105 cm³/mol. The van der Waals surface area contributed by atoms with Gasteiger partial charge in [-0.25, -0.2) is 4.39 Å². The third-order valence-electron chi connectivity index (χ3n) is 4.04. The molecule has 0 saturated heterocycles. The summed E-state index contributed by atoms with van der Waals surface area (Å²) >= 11 is 3.05. The van der Waals surface area contributed by atoms with Crippen molar-refractivity contribution in [1.29, 1.82) is 0 Å². The van der Waals surface area contributed by atoms with Crippen molar-refractivity contribution < 1.29 is 31.6 Å². The van der Waals surface area contributed by atoms with Crippen molar-refractivity contribution in [3.63, 3.8) is 0 Å². The predicted octanol–water partition coefficient (Wildman–Crippen LogP) is 6.01. The van der Waals surface area contributed by atoms with Gasteiger partial charge in [0.15, 0.2) is 10.4 Å². The molecule has 0 radical (unpaired) electrons. The molecular formula is C20H13BrF4N2O3. The van der Waals surface area contributed by atoms with Crippen molar-refractivity contribution in [1.82, 2.24) is 0 Å². The second-order valence-corrected chi connectivity index (χ2v) is 6.99. The molecule has 0 spiro atoms. The quantitative estimate of drug-likeness (QED) is 0.445. The molecule has 5 nitrogen and oxygen atoms in total. The Hall–Kier alpha value is -3.14. The van der Waals surface area contributed by atoms with Crippen molar-refractivity contribution >= 4 is 39.1 Å². The van der Waals surface area contributed by atoms with Crippen LogP contribution in [0.15, 0.2) is 57.6 Å². The minimum absolute atomic E-state index is 0.146. The van der Waals surface area contributed by atoms with E-state index in [-0.39, 0.29) is 21.7 Å². The molecule has 0 bridgehead atoms. The standard InChI is InChI=1S/C20H13BrF4N2O3/c1-10-8-16(21)30-17(10)19(29)27-15-7-6-11(9-13(15)20(23,24)25)26-18(28)12-4-2-3-5-14(12)22/h2-9H,1H3,(H,26,28)(H,27,29). The Kier molecular flexibility index (Phi) is 5.97. The van der Waals surface area contributed by atoms with Gasteiger partial charge in [0.1, 0.15) is 5.82 Å². The molecular weight excluding hydrogens is 472 g/mol. The monoisotopic (exact) mass is 484 g/mol. The first kappa shape index (κ1) is 21.6. The molecule has 0 saturated carbocycles. The number of carbonyl (C=O) groups excluding carboxylic acids is 2. The number of carbonyl (C=O) groups is 2. The lowest BCUT2D eigenvalue weighted by atomic mass is 10.1. The van der Waals surface area contributed by atoms with Gasteiger partial charge in [0.2, 0.25) is 0 Å². The van der Waals surface area contributed by atoms with Gasteiger partial charge in [0.25, 0.3) is 11.8 Å². The normalized spacial score (nSPS) is 11.3.